The molecule has 2 N–H and O–H groups in total. The number of halogens is 1. The maximum absolute atomic E-state index is 9.65. The zero-order chi connectivity index (χ0) is 13.1. The van der Waals surface area contributed by atoms with Gasteiger partial charge in [0.2, 0.25) is 5.88 Å². The van der Waals surface area contributed by atoms with Gasteiger partial charge in [-0.3, -0.25) is 4.90 Å². The summed E-state index contributed by atoms with van der Waals surface area (Å²) in [6, 6.07) is 1.88. The van der Waals surface area contributed by atoms with E-state index in [1.807, 2.05) is 6.07 Å². The van der Waals surface area contributed by atoms with Gasteiger partial charge in [-0.15, -0.1) is 0 Å². The zero-order valence-electron chi connectivity index (χ0n) is 10.2. The van der Waals surface area contributed by atoms with Crippen molar-refractivity contribution in [1.29, 1.82) is 0 Å². The van der Waals surface area contributed by atoms with Crippen molar-refractivity contribution >= 4 is 15.9 Å². The molecular formula is C12H17BrN2O3. The van der Waals surface area contributed by atoms with Crippen LogP contribution in [0.3, 0.4) is 0 Å². The second-order valence-electron chi connectivity index (χ2n) is 4.47. The number of likely N-dealkylation sites (tertiary alicyclic amines) is 1. The fourth-order valence-corrected chi connectivity index (χ4v) is 2.59. The van der Waals surface area contributed by atoms with Gasteiger partial charge in [0.15, 0.2) is 0 Å². The maximum Gasteiger partial charge on any atom is 0.213 e. The summed E-state index contributed by atoms with van der Waals surface area (Å²) in [5.74, 6) is 0.563. The van der Waals surface area contributed by atoms with Crippen molar-refractivity contribution in [2.45, 2.75) is 25.1 Å². The second kappa shape index (κ2) is 5.97. The predicted octanol–water partition coefficient (Wildman–Crippen LogP) is 0.780. The highest BCUT2D eigenvalue weighted by Gasteiger charge is 2.30. The van der Waals surface area contributed by atoms with E-state index < -0.39 is 0 Å². The number of aliphatic hydroxyl groups is 2. The zero-order valence-corrected chi connectivity index (χ0v) is 11.8. The van der Waals surface area contributed by atoms with Crippen LogP contribution < -0.4 is 4.74 Å². The number of rotatable bonds is 4. The van der Waals surface area contributed by atoms with E-state index in [4.69, 9.17) is 4.74 Å². The van der Waals surface area contributed by atoms with Gasteiger partial charge in [-0.25, -0.2) is 4.98 Å². The molecule has 0 aliphatic carbocycles. The monoisotopic (exact) mass is 316 g/mol. The number of hydrogen-bond donors (Lipinski definition) is 2. The van der Waals surface area contributed by atoms with Crippen molar-refractivity contribution < 1.29 is 14.9 Å². The van der Waals surface area contributed by atoms with Crippen LogP contribution in [0.2, 0.25) is 0 Å². The summed E-state index contributed by atoms with van der Waals surface area (Å²) in [5.41, 5.74) is 1.04. The molecule has 2 atom stereocenters. The molecule has 1 aromatic heterocycles. The second-order valence-corrected chi connectivity index (χ2v) is 5.33. The average Bonchev–Trinajstić information content (AvgIpc) is 2.72. The van der Waals surface area contributed by atoms with Gasteiger partial charge in [-0.05, 0) is 27.9 Å². The molecule has 0 bridgehead atoms. The Labute approximate surface area is 115 Å². The first-order valence-corrected chi connectivity index (χ1v) is 6.64. The molecule has 5 nitrogen and oxygen atoms in total. The standard InChI is InChI=1S/C12H17BrN2O3/c1-18-12-2-8(11(13)4-14-12)5-15-6-10(17)3-9(15)7-16/h2,4,9-10,16-17H,3,5-7H2,1H3/t9-,10+/m0/s1. The van der Waals surface area contributed by atoms with Gasteiger partial charge in [0.1, 0.15) is 0 Å². The van der Waals surface area contributed by atoms with Crippen LogP contribution in [0.25, 0.3) is 0 Å². The third kappa shape index (κ3) is 3.00. The normalized spacial score (nSPS) is 24.4. The Bertz CT molecular complexity index is 416. The Balaban J connectivity index is 2.13. The van der Waals surface area contributed by atoms with Crippen molar-refractivity contribution in [3.05, 3.63) is 22.3 Å². The smallest absolute Gasteiger partial charge is 0.213 e. The van der Waals surface area contributed by atoms with Crippen LogP contribution in [0.1, 0.15) is 12.0 Å². The molecule has 6 heteroatoms. The quantitative estimate of drug-likeness (QED) is 0.859. The van der Waals surface area contributed by atoms with E-state index in [9.17, 15) is 10.2 Å². The third-order valence-corrected chi connectivity index (χ3v) is 3.92. The molecule has 2 heterocycles. The van der Waals surface area contributed by atoms with Gasteiger partial charge >= 0.3 is 0 Å². The minimum absolute atomic E-state index is 0.0195. The first-order chi connectivity index (χ1) is 8.63. The lowest BCUT2D eigenvalue weighted by Gasteiger charge is -2.22. The molecule has 1 aliphatic rings. The number of methoxy groups -OCH3 is 1. The lowest BCUT2D eigenvalue weighted by atomic mass is 10.2. The number of β-amino-alcohol motifs (C(OH)–C–C–N with tert-alkyl or cyclic N) is 1. The topological polar surface area (TPSA) is 65.8 Å². The molecule has 1 aliphatic heterocycles. The van der Waals surface area contributed by atoms with Crippen LogP contribution in [0.4, 0.5) is 0 Å². The minimum atomic E-state index is -0.357. The van der Waals surface area contributed by atoms with Crippen LogP contribution in [-0.4, -0.2) is 52.5 Å². The number of aliphatic hydroxyl groups excluding tert-OH is 2. The minimum Gasteiger partial charge on any atom is -0.481 e. The van der Waals surface area contributed by atoms with Gasteiger partial charge in [-0.2, -0.15) is 0 Å². The lowest BCUT2D eigenvalue weighted by molar-refractivity contribution is 0.149. The average molecular weight is 317 g/mol. The molecule has 0 unspecified atom stereocenters. The van der Waals surface area contributed by atoms with Crippen molar-refractivity contribution in [3.63, 3.8) is 0 Å². The molecule has 1 aromatic rings. The summed E-state index contributed by atoms with van der Waals surface area (Å²) in [4.78, 5) is 6.17. The van der Waals surface area contributed by atoms with Crippen molar-refractivity contribution in [2.24, 2.45) is 0 Å². The molecule has 0 saturated carbocycles. The van der Waals surface area contributed by atoms with Crippen LogP contribution in [0.5, 0.6) is 5.88 Å². The van der Waals surface area contributed by atoms with Crippen molar-refractivity contribution in [2.75, 3.05) is 20.3 Å². The lowest BCUT2D eigenvalue weighted by Crippen LogP contribution is -2.32. The number of nitrogens with zero attached hydrogens (tertiary/aromatic N) is 2. The molecule has 2 rings (SSSR count). The molecule has 1 saturated heterocycles. The Kier molecular flexibility index (Phi) is 4.55. The van der Waals surface area contributed by atoms with Crippen molar-refractivity contribution in [3.8, 4) is 5.88 Å². The molecule has 100 valence electrons. The van der Waals surface area contributed by atoms with Gasteiger partial charge in [0, 0.05) is 35.9 Å². The number of aromatic nitrogens is 1. The van der Waals surface area contributed by atoms with Crippen molar-refractivity contribution in [1.82, 2.24) is 9.88 Å². The molecule has 18 heavy (non-hydrogen) atoms. The summed E-state index contributed by atoms with van der Waals surface area (Å²) in [7, 11) is 1.58. The largest absolute Gasteiger partial charge is 0.481 e. The SMILES string of the molecule is COc1cc(CN2C[C@H](O)C[C@H]2CO)c(Br)cn1. The Morgan fingerprint density at radius 2 is 2.39 bits per heavy atom. The molecular weight excluding hydrogens is 300 g/mol. The van der Waals surface area contributed by atoms with E-state index in [1.54, 1.807) is 13.3 Å². The highest BCUT2D eigenvalue weighted by Crippen LogP contribution is 2.25. The summed E-state index contributed by atoms with van der Waals surface area (Å²) < 4.78 is 6.00. The first kappa shape index (κ1) is 13.7. The highest BCUT2D eigenvalue weighted by molar-refractivity contribution is 9.10. The van der Waals surface area contributed by atoms with Crippen LogP contribution >= 0.6 is 15.9 Å². The van der Waals surface area contributed by atoms with E-state index in [1.165, 1.54) is 0 Å². The highest BCUT2D eigenvalue weighted by atomic mass is 79.9. The molecule has 0 amide bonds. The van der Waals surface area contributed by atoms with E-state index in [-0.39, 0.29) is 18.8 Å². The van der Waals surface area contributed by atoms with Gasteiger partial charge in [0.25, 0.3) is 0 Å². The summed E-state index contributed by atoms with van der Waals surface area (Å²) in [6.07, 6.45) is 1.97. The Morgan fingerprint density at radius 1 is 1.61 bits per heavy atom. The Morgan fingerprint density at radius 3 is 3.06 bits per heavy atom. The fraction of sp³-hybridized carbons (Fsp3) is 0.583. The third-order valence-electron chi connectivity index (χ3n) is 3.21. The molecule has 0 radical (unpaired) electrons. The molecule has 0 spiro atoms. The van der Waals surface area contributed by atoms with Gasteiger partial charge in [0.05, 0.1) is 19.8 Å². The summed E-state index contributed by atoms with van der Waals surface area (Å²) >= 11 is 3.45. The van der Waals surface area contributed by atoms with Crippen LogP contribution in [-0.2, 0) is 6.54 Å². The molecule has 0 aromatic carbocycles. The number of pyridine rings is 1. The van der Waals surface area contributed by atoms with E-state index >= 15 is 0 Å². The van der Waals surface area contributed by atoms with Crippen LogP contribution in [0.15, 0.2) is 16.7 Å². The molecule has 1 fully saturated rings. The van der Waals surface area contributed by atoms with E-state index in [2.05, 4.69) is 25.8 Å². The predicted molar refractivity (Wildman–Crippen MR) is 70.4 cm³/mol. The Hall–Kier alpha value is -0.690. The van der Waals surface area contributed by atoms with Crippen LogP contribution in [0, 0.1) is 0 Å². The fourth-order valence-electron chi connectivity index (χ4n) is 2.25. The van der Waals surface area contributed by atoms with E-state index in [0.717, 1.165) is 10.0 Å². The summed E-state index contributed by atoms with van der Waals surface area (Å²) in [6.45, 7) is 1.31. The maximum atomic E-state index is 9.65. The van der Waals surface area contributed by atoms with E-state index in [0.29, 0.717) is 25.4 Å². The first-order valence-electron chi connectivity index (χ1n) is 5.85. The van der Waals surface area contributed by atoms with Gasteiger partial charge in [-0.1, -0.05) is 0 Å². The number of ether oxygens (including phenoxy) is 1. The number of hydrogen-bond acceptors (Lipinski definition) is 5. The summed E-state index contributed by atoms with van der Waals surface area (Å²) in [5, 5.41) is 18.9. The van der Waals surface area contributed by atoms with Gasteiger partial charge < -0.3 is 14.9 Å².